The summed E-state index contributed by atoms with van der Waals surface area (Å²) in [6, 6.07) is 5.73. The molecule has 3 N–H and O–H groups in total. The molecule has 5 nitrogen and oxygen atoms in total. The van der Waals surface area contributed by atoms with Crippen LogP contribution in [0.25, 0.3) is 0 Å². The number of rotatable bonds is 6. The van der Waals surface area contributed by atoms with Crippen molar-refractivity contribution in [1.29, 1.82) is 0 Å². The smallest absolute Gasteiger partial charge is 0.223 e. The average Bonchev–Trinajstić information content (AvgIpc) is 2.45. The molecule has 0 radical (unpaired) electrons. The summed E-state index contributed by atoms with van der Waals surface area (Å²) in [7, 11) is 3.38. The van der Waals surface area contributed by atoms with Crippen molar-refractivity contribution in [2.45, 2.75) is 13.8 Å². The van der Waals surface area contributed by atoms with Gasteiger partial charge in [-0.25, -0.2) is 0 Å². The first-order valence-corrected chi connectivity index (χ1v) is 6.85. The SMILES string of the molecule is CNC(=S)N[NH+]=Cc1ccc(OCC(C)C)c(OC)c1. The van der Waals surface area contributed by atoms with Crippen LogP contribution in [0.1, 0.15) is 19.4 Å². The molecule has 0 aliphatic carbocycles. The Morgan fingerprint density at radius 2 is 2.15 bits per heavy atom. The van der Waals surface area contributed by atoms with Crippen LogP contribution in [0.3, 0.4) is 0 Å². The van der Waals surface area contributed by atoms with E-state index in [-0.39, 0.29) is 0 Å². The molecule has 0 fully saturated rings. The van der Waals surface area contributed by atoms with Crippen LogP contribution >= 0.6 is 12.2 Å². The quantitative estimate of drug-likeness (QED) is 0.399. The summed E-state index contributed by atoms with van der Waals surface area (Å²) in [5.41, 5.74) is 3.76. The maximum Gasteiger partial charge on any atom is 0.223 e. The Labute approximate surface area is 125 Å². The van der Waals surface area contributed by atoms with Crippen LogP contribution in [-0.2, 0) is 0 Å². The van der Waals surface area contributed by atoms with Gasteiger partial charge in [0.2, 0.25) is 5.11 Å². The van der Waals surface area contributed by atoms with Gasteiger partial charge < -0.3 is 14.8 Å². The van der Waals surface area contributed by atoms with E-state index in [0.29, 0.717) is 23.4 Å². The third kappa shape index (κ3) is 5.44. The molecule has 0 aliphatic rings. The van der Waals surface area contributed by atoms with Gasteiger partial charge in [-0.1, -0.05) is 13.8 Å². The van der Waals surface area contributed by atoms with Crippen LogP contribution < -0.4 is 25.3 Å². The third-order valence-corrected chi connectivity index (χ3v) is 2.72. The second kappa shape index (κ2) is 8.37. The molecule has 1 aromatic rings. The monoisotopic (exact) mass is 296 g/mol. The first-order chi connectivity index (χ1) is 9.56. The van der Waals surface area contributed by atoms with Gasteiger partial charge in [0.1, 0.15) is 0 Å². The van der Waals surface area contributed by atoms with Gasteiger partial charge in [0, 0.05) is 12.6 Å². The number of hydrogen-bond acceptors (Lipinski definition) is 3. The number of hydrazine groups is 1. The maximum atomic E-state index is 5.70. The molecular weight excluding hydrogens is 274 g/mol. The summed E-state index contributed by atoms with van der Waals surface area (Å²) in [6.45, 7) is 4.87. The predicted molar refractivity (Wildman–Crippen MR) is 84.2 cm³/mol. The van der Waals surface area contributed by atoms with Gasteiger partial charge in [-0.15, -0.1) is 10.5 Å². The number of hydrogen-bond donors (Lipinski definition) is 3. The molecule has 6 heteroatoms. The minimum absolute atomic E-state index is 0.472. The molecule has 0 saturated carbocycles. The van der Waals surface area contributed by atoms with Crippen molar-refractivity contribution in [3.8, 4) is 11.5 Å². The number of thiocarbonyl (C=S) groups is 1. The zero-order valence-corrected chi connectivity index (χ0v) is 13.1. The van der Waals surface area contributed by atoms with Crippen molar-refractivity contribution < 1.29 is 14.6 Å². The van der Waals surface area contributed by atoms with Crippen LogP contribution in [0.15, 0.2) is 18.2 Å². The van der Waals surface area contributed by atoms with Crippen molar-refractivity contribution in [2.75, 3.05) is 20.8 Å². The van der Waals surface area contributed by atoms with Gasteiger partial charge in [0.25, 0.3) is 0 Å². The van der Waals surface area contributed by atoms with Crippen molar-refractivity contribution in [3.63, 3.8) is 0 Å². The molecule has 1 aromatic carbocycles. The zero-order chi connectivity index (χ0) is 15.0. The van der Waals surface area contributed by atoms with Gasteiger partial charge in [-0.3, -0.25) is 0 Å². The Bertz CT molecular complexity index is 475. The lowest BCUT2D eigenvalue weighted by Gasteiger charge is -2.12. The number of ether oxygens (including phenoxy) is 2. The second-order valence-electron chi connectivity index (χ2n) is 4.61. The lowest BCUT2D eigenvalue weighted by Crippen LogP contribution is -2.82. The number of nitrogens with one attached hydrogen (secondary N) is 3. The van der Waals surface area contributed by atoms with Gasteiger partial charge in [-0.05, 0) is 36.3 Å². The topological polar surface area (TPSA) is 56.5 Å². The highest BCUT2D eigenvalue weighted by Crippen LogP contribution is 2.27. The van der Waals surface area contributed by atoms with E-state index < -0.39 is 0 Å². The predicted octanol–water partition coefficient (Wildman–Crippen LogP) is 0.238. The largest absolute Gasteiger partial charge is 0.493 e. The van der Waals surface area contributed by atoms with E-state index in [2.05, 4.69) is 29.7 Å². The highest BCUT2D eigenvalue weighted by Gasteiger charge is 2.07. The van der Waals surface area contributed by atoms with Crippen LogP contribution in [0.4, 0.5) is 0 Å². The highest BCUT2D eigenvalue weighted by atomic mass is 32.1. The first kappa shape index (κ1) is 16.2. The van der Waals surface area contributed by atoms with E-state index in [1.165, 1.54) is 0 Å². The second-order valence-corrected chi connectivity index (χ2v) is 5.02. The van der Waals surface area contributed by atoms with Gasteiger partial charge in [0.15, 0.2) is 17.7 Å². The van der Waals surface area contributed by atoms with Gasteiger partial charge in [-0.2, -0.15) is 0 Å². The average molecular weight is 296 g/mol. The van der Waals surface area contributed by atoms with E-state index in [0.717, 1.165) is 11.3 Å². The molecule has 0 spiro atoms. The summed E-state index contributed by atoms with van der Waals surface area (Å²) in [5, 5.41) is 6.22. The van der Waals surface area contributed by atoms with E-state index in [1.807, 2.05) is 18.2 Å². The molecule has 1 rings (SSSR count). The summed E-state index contributed by atoms with van der Waals surface area (Å²) < 4.78 is 11.0. The molecule has 0 unspecified atom stereocenters. The minimum Gasteiger partial charge on any atom is -0.493 e. The fraction of sp³-hybridized carbons (Fsp3) is 0.429. The molecule has 0 heterocycles. The molecule has 0 bridgehead atoms. The molecule has 0 aliphatic heterocycles. The molecule has 0 saturated heterocycles. The van der Waals surface area contributed by atoms with Crippen LogP contribution in [0.2, 0.25) is 0 Å². The summed E-state index contributed by atoms with van der Waals surface area (Å²) in [4.78, 5) is 0. The van der Waals surface area contributed by atoms with Crippen molar-refractivity contribution in [3.05, 3.63) is 23.8 Å². The van der Waals surface area contributed by atoms with E-state index in [9.17, 15) is 0 Å². The standard InChI is InChI=1S/C14H21N3O2S/c1-10(2)9-19-12-6-5-11(7-13(12)18-4)8-16-17-14(20)15-3/h5-8,10H,9H2,1-4H3,(H2,15,17,20)/p+1. The lowest BCUT2D eigenvalue weighted by molar-refractivity contribution is -0.500. The summed E-state index contributed by atoms with van der Waals surface area (Å²) >= 11 is 4.95. The van der Waals surface area contributed by atoms with E-state index >= 15 is 0 Å². The number of hydrazone groups is 1. The molecule has 0 aromatic heterocycles. The van der Waals surface area contributed by atoms with Crippen molar-refractivity contribution in [1.82, 2.24) is 10.7 Å². The van der Waals surface area contributed by atoms with E-state index in [4.69, 9.17) is 21.7 Å². The Kier molecular flexibility index (Phi) is 6.79. The fourth-order valence-corrected chi connectivity index (χ4v) is 1.46. The Hall–Kier alpha value is -1.82. The fourth-order valence-electron chi connectivity index (χ4n) is 1.40. The molecule has 110 valence electrons. The maximum absolute atomic E-state index is 5.70. The van der Waals surface area contributed by atoms with Gasteiger partial charge >= 0.3 is 0 Å². The summed E-state index contributed by atoms with van der Waals surface area (Å²) in [6.07, 6.45) is 1.79. The Balaban J connectivity index is 2.73. The zero-order valence-electron chi connectivity index (χ0n) is 12.3. The van der Waals surface area contributed by atoms with E-state index in [1.54, 1.807) is 20.4 Å². The minimum atomic E-state index is 0.472. The Morgan fingerprint density at radius 3 is 2.75 bits per heavy atom. The van der Waals surface area contributed by atoms with Crippen molar-refractivity contribution >= 4 is 23.5 Å². The van der Waals surface area contributed by atoms with Gasteiger partial charge in [0.05, 0.1) is 13.7 Å². The first-order valence-electron chi connectivity index (χ1n) is 6.44. The molecule has 0 amide bonds. The summed E-state index contributed by atoms with van der Waals surface area (Å²) in [5.74, 6) is 1.92. The number of methoxy groups -OCH3 is 1. The molecular formula is C14H22N3O2S+. The molecule has 0 atom stereocenters. The van der Waals surface area contributed by atoms with Crippen LogP contribution in [0, 0.1) is 5.92 Å². The highest BCUT2D eigenvalue weighted by molar-refractivity contribution is 7.80. The van der Waals surface area contributed by atoms with Crippen LogP contribution in [0.5, 0.6) is 11.5 Å². The Morgan fingerprint density at radius 1 is 1.40 bits per heavy atom. The molecule has 20 heavy (non-hydrogen) atoms. The third-order valence-electron chi connectivity index (χ3n) is 2.41. The van der Waals surface area contributed by atoms with Crippen molar-refractivity contribution in [2.24, 2.45) is 5.92 Å². The number of benzene rings is 1. The van der Waals surface area contributed by atoms with Crippen LogP contribution in [-0.4, -0.2) is 32.1 Å². The normalized spacial score (nSPS) is 10.7. The lowest BCUT2D eigenvalue weighted by atomic mass is 10.2.